The summed E-state index contributed by atoms with van der Waals surface area (Å²) < 4.78 is 17.1. The van der Waals surface area contributed by atoms with E-state index in [2.05, 4.69) is 21.2 Å². The molecule has 114 valence electrons. The highest BCUT2D eigenvalue weighted by molar-refractivity contribution is 9.10. The summed E-state index contributed by atoms with van der Waals surface area (Å²) in [5, 5.41) is 2.80. The number of rotatable bonds is 4. The molecule has 1 heterocycles. The molecule has 0 fully saturated rings. The monoisotopic (exact) mass is 363 g/mol. The van der Waals surface area contributed by atoms with Crippen LogP contribution in [-0.2, 0) is 4.79 Å². The summed E-state index contributed by atoms with van der Waals surface area (Å²) in [4.78, 5) is 12.1. The molecule has 0 radical (unpaired) electrons. The van der Waals surface area contributed by atoms with Crippen LogP contribution in [0.25, 0.3) is 0 Å². The van der Waals surface area contributed by atoms with E-state index in [1.807, 2.05) is 24.3 Å². The number of fused-ring (bicyclic) bond motifs is 1. The Hall–Kier alpha value is -2.21. The number of amides is 1. The average molecular weight is 364 g/mol. The number of hydrogen-bond acceptors (Lipinski definition) is 4. The molecule has 1 amide bonds. The molecule has 1 aliphatic rings. The number of benzene rings is 2. The number of carbonyl (C=O) groups is 1. The Morgan fingerprint density at radius 3 is 2.68 bits per heavy atom. The van der Waals surface area contributed by atoms with Gasteiger partial charge in [-0.25, -0.2) is 0 Å². The molecule has 2 aromatic carbocycles. The van der Waals surface area contributed by atoms with Crippen LogP contribution in [0.15, 0.2) is 46.9 Å². The summed E-state index contributed by atoms with van der Waals surface area (Å²) in [6, 6.07) is 12.6. The van der Waals surface area contributed by atoms with E-state index in [0.717, 1.165) is 4.47 Å². The molecule has 0 aromatic heterocycles. The molecular formula is C16H14BrNO4. The Morgan fingerprint density at radius 2 is 1.91 bits per heavy atom. The third-order valence-electron chi connectivity index (χ3n) is 3.14. The Bertz CT molecular complexity index is 687. The maximum absolute atomic E-state index is 12.1. The van der Waals surface area contributed by atoms with Crippen LogP contribution in [0.4, 0.5) is 5.69 Å². The molecule has 22 heavy (non-hydrogen) atoms. The highest BCUT2D eigenvalue weighted by atomic mass is 79.9. The fourth-order valence-electron chi connectivity index (χ4n) is 1.98. The molecule has 2 aromatic rings. The lowest BCUT2D eigenvalue weighted by atomic mass is 10.3. The number of carbonyl (C=O) groups excluding carboxylic acids is 1. The van der Waals surface area contributed by atoms with Gasteiger partial charge in [0.05, 0.1) is 0 Å². The van der Waals surface area contributed by atoms with Gasteiger partial charge >= 0.3 is 0 Å². The molecule has 0 saturated carbocycles. The van der Waals surface area contributed by atoms with Gasteiger partial charge < -0.3 is 19.5 Å². The number of nitrogens with one attached hydrogen (secondary N) is 1. The van der Waals surface area contributed by atoms with Gasteiger partial charge in [0.15, 0.2) is 17.6 Å². The molecule has 6 heteroatoms. The second kappa shape index (κ2) is 6.27. The Morgan fingerprint density at radius 1 is 1.18 bits per heavy atom. The van der Waals surface area contributed by atoms with E-state index < -0.39 is 6.10 Å². The predicted octanol–water partition coefficient (Wildman–Crippen LogP) is 3.58. The minimum atomic E-state index is -0.635. The van der Waals surface area contributed by atoms with Crippen molar-refractivity contribution in [1.82, 2.24) is 0 Å². The van der Waals surface area contributed by atoms with Crippen LogP contribution < -0.4 is 19.5 Å². The molecule has 0 spiro atoms. The fourth-order valence-corrected chi connectivity index (χ4v) is 2.25. The van der Waals surface area contributed by atoms with Gasteiger partial charge in [-0.3, -0.25) is 4.79 Å². The van der Waals surface area contributed by atoms with E-state index in [4.69, 9.17) is 14.2 Å². The van der Waals surface area contributed by atoms with Gasteiger partial charge in [0, 0.05) is 16.2 Å². The molecule has 1 aliphatic heterocycles. The average Bonchev–Trinajstić information content (AvgIpc) is 2.97. The smallest absolute Gasteiger partial charge is 0.265 e. The van der Waals surface area contributed by atoms with Gasteiger partial charge in [0.2, 0.25) is 6.79 Å². The van der Waals surface area contributed by atoms with E-state index in [1.54, 1.807) is 25.1 Å². The first-order chi connectivity index (χ1) is 10.6. The van der Waals surface area contributed by atoms with Gasteiger partial charge in [-0.15, -0.1) is 0 Å². The lowest BCUT2D eigenvalue weighted by Crippen LogP contribution is -2.30. The molecule has 5 nitrogen and oxygen atoms in total. The van der Waals surface area contributed by atoms with Crippen LogP contribution in [0.3, 0.4) is 0 Å². The van der Waals surface area contributed by atoms with E-state index in [0.29, 0.717) is 22.9 Å². The number of hydrogen-bond donors (Lipinski definition) is 1. The zero-order chi connectivity index (χ0) is 15.5. The topological polar surface area (TPSA) is 56.8 Å². The van der Waals surface area contributed by atoms with Crippen LogP contribution in [0.1, 0.15) is 6.92 Å². The Balaban J connectivity index is 1.62. The predicted molar refractivity (Wildman–Crippen MR) is 85.4 cm³/mol. The lowest BCUT2D eigenvalue weighted by molar-refractivity contribution is -0.122. The molecule has 0 unspecified atom stereocenters. The Kier molecular flexibility index (Phi) is 4.20. The van der Waals surface area contributed by atoms with Crippen molar-refractivity contribution in [3.63, 3.8) is 0 Å². The number of ether oxygens (including phenoxy) is 3. The maximum Gasteiger partial charge on any atom is 0.265 e. The zero-order valence-corrected chi connectivity index (χ0v) is 13.4. The van der Waals surface area contributed by atoms with Gasteiger partial charge in [0.25, 0.3) is 5.91 Å². The van der Waals surface area contributed by atoms with E-state index in [9.17, 15) is 4.79 Å². The van der Waals surface area contributed by atoms with Crippen LogP contribution in [-0.4, -0.2) is 18.8 Å². The second-order valence-electron chi connectivity index (χ2n) is 4.77. The van der Waals surface area contributed by atoms with Crippen molar-refractivity contribution in [3.05, 3.63) is 46.9 Å². The van der Waals surface area contributed by atoms with Crippen LogP contribution in [0, 0.1) is 0 Å². The molecule has 0 bridgehead atoms. The third kappa shape index (κ3) is 3.33. The minimum absolute atomic E-state index is 0.207. The van der Waals surface area contributed by atoms with Crippen molar-refractivity contribution in [2.45, 2.75) is 13.0 Å². The first-order valence-electron chi connectivity index (χ1n) is 6.74. The summed E-state index contributed by atoms with van der Waals surface area (Å²) in [6.45, 7) is 1.90. The number of halogens is 1. The zero-order valence-electron chi connectivity index (χ0n) is 11.8. The summed E-state index contributed by atoms with van der Waals surface area (Å²) in [6.07, 6.45) is -0.635. The molecule has 3 rings (SSSR count). The third-order valence-corrected chi connectivity index (χ3v) is 3.67. The quantitative estimate of drug-likeness (QED) is 0.901. The van der Waals surface area contributed by atoms with Crippen molar-refractivity contribution < 1.29 is 19.0 Å². The summed E-state index contributed by atoms with van der Waals surface area (Å²) in [5.41, 5.74) is 0.717. The molecule has 0 saturated heterocycles. The number of anilines is 1. The van der Waals surface area contributed by atoms with Gasteiger partial charge in [-0.05, 0) is 43.3 Å². The van der Waals surface area contributed by atoms with Crippen LogP contribution in [0.2, 0.25) is 0 Å². The molecule has 1 N–H and O–H groups in total. The highest BCUT2D eigenvalue weighted by Crippen LogP contribution is 2.35. The SMILES string of the molecule is C[C@H](Oc1ccc2c(c1)OCO2)C(=O)Nc1ccc(Br)cc1. The largest absolute Gasteiger partial charge is 0.481 e. The highest BCUT2D eigenvalue weighted by Gasteiger charge is 2.18. The standard InChI is InChI=1S/C16H14BrNO4/c1-10(16(19)18-12-4-2-11(17)3-5-12)22-13-6-7-14-15(8-13)21-9-20-14/h2-8,10H,9H2,1H3,(H,18,19)/t10-/m0/s1. The first kappa shape index (κ1) is 14.7. The lowest BCUT2D eigenvalue weighted by Gasteiger charge is -2.15. The minimum Gasteiger partial charge on any atom is -0.481 e. The molecule has 1 atom stereocenters. The summed E-state index contributed by atoms with van der Waals surface area (Å²) >= 11 is 3.35. The van der Waals surface area contributed by atoms with Crippen molar-refractivity contribution in [2.75, 3.05) is 12.1 Å². The van der Waals surface area contributed by atoms with Gasteiger partial charge in [0.1, 0.15) is 5.75 Å². The van der Waals surface area contributed by atoms with Gasteiger partial charge in [-0.1, -0.05) is 15.9 Å². The fraction of sp³-hybridized carbons (Fsp3) is 0.188. The van der Waals surface area contributed by atoms with E-state index in [1.165, 1.54) is 0 Å². The van der Waals surface area contributed by atoms with Crippen molar-refractivity contribution in [1.29, 1.82) is 0 Å². The van der Waals surface area contributed by atoms with E-state index >= 15 is 0 Å². The molecule has 0 aliphatic carbocycles. The van der Waals surface area contributed by atoms with Crippen molar-refractivity contribution >= 4 is 27.5 Å². The van der Waals surface area contributed by atoms with Crippen molar-refractivity contribution in [2.24, 2.45) is 0 Å². The van der Waals surface area contributed by atoms with Crippen LogP contribution in [0.5, 0.6) is 17.2 Å². The van der Waals surface area contributed by atoms with Crippen LogP contribution >= 0.6 is 15.9 Å². The summed E-state index contributed by atoms with van der Waals surface area (Å²) in [5.74, 6) is 1.64. The second-order valence-corrected chi connectivity index (χ2v) is 5.69. The van der Waals surface area contributed by atoms with Gasteiger partial charge in [-0.2, -0.15) is 0 Å². The molecular weight excluding hydrogens is 350 g/mol. The first-order valence-corrected chi connectivity index (χ1v) is 7.54. The Labute approximate surface area is 136 Å². The summed E-state index contributed by atoms with van der Waals surface area (Å²) in [7, 11) is 0. The van der Waals surface area contributed by atoms with Crippen molar-refractivity contribution in [3.8, 4) is 17.2 Å². The van der Waals surface area contributed by atoms with E-state index in [-0.39, 0.29) is 12.7 Å². The maximum atomic E-state index is 12.1. The normalized spacial score (nSPS) is 13.5.